The minimum atomic E-state index is -1.26. The van der Waals surface area contributed by atoms with Crippen LogP contribution in [0.4, 0.5) is 0 Å². The molecule has 9 nitrogen and oxygen atoms in total. The number of ether oxygens (including phenoxy) is 3. The number of aromatic nitrogens is 1. The maximum atomic E-state index is 13.5. The van der Waals surface area contributed by atoms with E-state index in [1.807, 2.05) is 19.9 Å². The zero-order chi connectivity index (χ0) is 30.7. The molecule has 0 spiro atoms. The molecule has 1 aromatic carbocycles. The molecule has 8 unspecified atom stereocenters. The van der Waals surface area contributed by atoms with Gasteiger partial charge in [0.1, 0.15) is 34.9 Å². The fraction of sp³-hybridized carbons (Fsp3) is 0.455. The van der Waals surface area contributed by atoms with E-state index in [0.717, 1.165) is 4.47 Å². The smallest absolute Gasteiger partial charge is 0.345 e. The lowest BCUT2D eigenvalue weighted by Crippen LogP contribution is -2.69. The maximum Gasteiger partial charge on any atom is 0.345 e. The molecule has 10 heteroatoms. The van der Waals surface area contributed by atoms with E-state index in [1.54, 1.807) is 48.8 Å². The molecule has 2 aromatic heterocycles. The molecule has 8 atom stereocenters. The van der Waals surface area contributed by atoms with Gasteiger partial charge in [-0.1, -0.05) is 35.8 Å². The predicted molar refractivity (Wildman–Crippen MR) is 159 cm³/mol. The number of pyridine rings is 1. The highest BCUT2D eigenvalue weighted by Crippen LogP contribution is 2.65. The Bertz CT molecular complexity index is 1620. The van der Waals surface area contributed by atoms with Gasteiger partial charge < -0.3 is 23.7 Å². The molecule has 3 aromatic rings. The molecule has 0 radical (unpaired) electrons. The number of nitrogens with zero attached hydrogens (tertiary/aromatic N) is 1. The number of hydrogen-bond acceptors (Lipinski definition) is 9. The molecule has 43 heavy (non-hydrogen) atoms. The average Bonchev–Trinajstić information content (AvgIpc) is 2.95. The summed E-state index contributed by atoms with van der Waals surface area (Å²) in [7, 11) is 0. The van der Waals surface area contributed by atoms with Crippen LogP contribution in [-0.2, 0) is 14.3 Å². The Morgan fingerprint density at radius 1 is 1.14 bits per heavy atom. The van der Waals surface area contributed by atoms with Gasteiger partial charge in [-0.3, -0.25) is 9.78 Å². The summed E-state index contributed by atoms with van der Waals surface area (Å²) in [5.41, 5.74) is -1.44. The van der Waals surface area contributed by atoms with Crippen LogP contribution >= 0.6 is 15.9 Å². The summed E-state index contributed by atoms with van der Waals surface area (Å²) in [6.07, 6.45) is 2.45. The number of fused-ring (bicyclic) bond motifs is 4. The van der Waals surface area contributed by atoms with E-state index in [4.69, 9.17) is 18.6 Å². The molecule has 1 N–H and O–H groups in total. The predicted octanol–water partition coefficient (Wildman–Crippen LogP) is 5.88. The molecular weight excluding hydrogens is 618 g/mol. The first-order chi connectivity index (χ1) is 20.4. The van der Waals surface area contributed by atoms with Gasteiger partial charge in [0, 0.05) is 41.3 Å². The van der Waals surface area contributed by atoms with Gasteiger partial charge in [-0.2, -0.15) is 0 Å². The van der Waals surface area contributed by atoms with E-state index in [0.29, 0.717) is 30.4 Å². The molecule has 0 amide bonds. The molecule has 226 valence electrons. The number of hydrogen-bond donors (Lipinski definition) is 1. The quantitative estimate of drug-likeness (QED) is 0.344. The van der Waals surface area contributed by atoms with Gasteiger partial charge in [-0.15, -0.1) is 0 Å². The summed E-state index contributed by atoms with van der Waals surface area (Å²) in [6, 6.07) is 12.0. The van der Waals surface area contributed by atoms with Crippen molar-refractivity contribution >= 4 is 27.9 Å². The Labute approximate surface area is 257 Å². The highest BCUT2D eigenvalue weighted by atomic mass is 79.9. The fourth-order valence-electron chi connectivity index (χ4n) is 8.00. The van der Waals surface area contributed by atoms with E-state index in [9.17, 15) is 19.5 Å². The van der Waals surface area contributed by atoms with Crippen molar-refractivity contribution in [2.24, 2.45) is 23.2 Å². The van der Waals surface area contributed by atoms with Crippen LogP contribution in [0.1, 0.15) is 69.0 Å². The third-order valence-electron chi connectivity index (χ3n) is 9.94. The van der Waals surface area contributed by atoms with E-state index in [2.05, 4.69) is 27.8 Å². The number of aliphatic hydroxyl groups excluding tert-OH is 1. The van der Waals surface area contributed by atoms with Crippen LogP contribution in [0.3, 0.4) is 0 Å². The first-order valence-corrected chi connectivity index (χ1v) is 15.3. The SMILES string of the molecule is CC(=O)OC1CCC2(C)C(CC(OC(=O)c3cccc(Br)c3)C3(C)Oc4cc(-c5cccnc5)oc(=O)c4C(O)C23)C1C. The normalized spacial score (nSPS) is 32.8. The first kappa shape index (κ1) is 29.6. The summed E-state index contributed by atoms with van der Waals surface area (Å²) in [5, 5.41) is 12.1. The van der Waals surface area contributed by atoms with Gasteiger partial charge in [0.05, 0.1) is 11.7 Å². The fourth-order valence-corrected chi connectivity index (χ4v) is 8.40. The lowest BCUT2D eigenvalue weighted by molar-refractivity contribution is -0.243. The van der Waals surface area contributed by atoms with Crippen LogP contribution in [0.5, 0.6) is 5.75 Å². The Hall–Kier alpha value is -3.50. The van der Waals surface area contributed by atoms with Crippen molar-refractivity contribution in [1.29, 1.82) is 0 Å². The third-order valence-corrected chi connectivity index (χ3v) is 10.4. The molecule has 0 bridgehead atoms. The first-order valence-electron chi connectivity index (χ1n) is 14.5. The third kappa shape index (κ3) is 4.98. The van der Waals surface area contributed by atoms with Crippen LogP contribution in [0, 0.1) is 23.2 Å². The zero-order valence-electron chi connectivity index (χ0n) is 24.4. The average molecular weight is 653 g/mol. The highest BCUT2D eigenvalue weighted by molar-refractivity contribution is 9.10. The molecule has 3 aliphatic rings. The second-order valence-corrected chi connectivity index (χ2v) is 13.3. The topological polar surface area (TPSA) is 125 Å². The van der Waals surface area contributed by atoms with Crippen molar-refractivity contribution in [2.45, 2.75) is 70.9 Å². The number of aliphatic hydroxyl groups is 1. The van der Waals surface area contributed by atoms with Gasteiger partial charge in [0.25, 0.3) is 0 Å². The number of halogens is 1. The summed E-state index contributed by atoms with van der Waals surface area (Å²) < 4.78 is 25.1. The van der Waals surface area contributed by atoms with E-state index in [1.165, 1.54) is 6.92 Å². The second kappa shape index (κ2) is 10.9. The van der Waals surface area contributed by atoms with Crippen molar-refractivity contribution in [3.05, 3.63) is 80.9 Å². The van der Waals surface area contributed by atoms with Gasteiger partial charge in [-0.05, 0) is 73.8 Å². The van der Waals surface area contributed by atoms with Crippen LogP contribution in [-0.4, -0.2) is 39.8 Å². The van der Waals surface area contributed by atoms with E-state index >= 15 is 0 Å². The van der Waals surface area contributed by atoms with Crippen molar-refractivity contribution in [3.63, 3.8) is 0 Å². The molecular formula is C33H34BrNO8. The van der Waals surface area contributed by atoms with E-state index in [-0.39, 0.29) is 41.0 Å². The van der Waals surface area contributed by atoms with E-state index < -0.39 is 40.7 Å². The Balaban J connectivity index is 1.46. The summed E-state index contributed by atoms with van der Waals surface area (Å²) in [5.74, 6) is -1.29. The van der Waals surface area contributed by atoms with Crippen molar-refractivity contribution in [3.8, 4) is 17.1 Å². The number of esters is 2. The van der Waals surface area contributed by atoms with Gasteiger partial charge >= 0.3 is 17.6 Å². The van der Waals surface area contributed by atoms with Crippen molar-refractivity contribution < 1.29 is 33.3 Å². The van der Waals surface area contributed by atoms with Crippen LogP contribution in [0.15, 0.2) is 68.5 Å². The Kier molecular flexibility index (Phi) is 7.49. The maximum absolute atomic E-state index is 13.5. The van der Waals surface area contributed by atoms with Gasteiger partial charge in [0.15, 0.2) is 0 Å². The summed E-state index contributed by atoms with van der Waals surface area (Å²) >= 11 is 3.42. The molecule has 2 fully saturated rings. The van der Waals surface area contributed by atoms with Crippen molar-refractivity contribution in [2.75, 3.05) is 0 Å². The molecule has 2 aliphatic carbocycles. The lowest BCUT2D eigenvalue weighted by Gasteiger charge is -2.64. The molecule has 0 saturated heterocycles. The molecule has 3 heterocycles. The van der Waals surface area contributed by atoms with Gasteiger partial charge in [0.2, 0.25) is 0 Å². The molecule has 1 aliphatic heterocycles. The van der Waals surface area contributed by atoms with Gasteiger partial charge in [-0.25, -0.2) is 9.59 Å². The van der Waals surface area contributed by atoms with Crippen molar-refractivity contribution in [1.82, 2.24) is 4.98 Å². The number of benzene rings is 1. The Morgan fingerprint density at radius 3 is 2.63 bits per heavy atom. The minimum Gasteiger partial charge on any atom is -0.482 e. The number of carbonyl (C=O) groups is 2. The number of carbonyl (C=O) groups excluding carboxylic acids is 2. The second-order valence-electron chi connectivity index (χ2n) is 12.4. The number of rotatable bonds is 4. The molecule has 6 rings (SSSR count). The highest BCUT2D eigenvalue weighted by Gasteiger charge is 2.68. The Morgan fingerprint density at radius 2 is 1.93 bits per heavy atom. The molecule has 2 saturated carbocycles. The zero-order valence-corrected chi connectivity index (χ0v) is 26.0. The van der Waals surface area contributed by atoms with Crippen LogP contribution in [0.25, 0.3) is 11.3 Å². The largest absolute Gasteiger partial charge is 0.482 e. The van der Waals surface area contributed by atoms with Crippen LogP contribution in [0.2, 0.25) is 0 Å². The summed E-state index contributed by atoms with van der Waals surface area (Å²) in [6.45, 7) is 7.38. The lowest BCUT2D eigenvalue weighted by atomic mass is 9.46. The monoisotopic (exact) mass is 651 g/mol. The summed E-state index contributed by atoms with van der Waals surface area (Å²) in [4.78, 5) is 43.0. The standard InChI is InChI=1S/C33H34BrNO8/c1-17-22-14-26(42-30(38)19-7-5-9-21(34)13-19)33(4)29(32(22,3)11-10-23(17)40-18(2)36)28(37)27-25(43-33)15-24(41-31(27)39)20-8-6-12-35-16-20/h5-9,12-13,15-17,22-23,26,28-29,37H,10-11,14H2,1-4H3. The minimum absolute atomic E-state index is 0.0452. The van der Waals surface area contributed by atoms with Crippen LogP contribution < -0.4 is 10.4 Å².